The topological polar surface area (TPSA) is 58.6 Å². The number of nitrogens with one attached hydrogen (secondary N) is 1. The lowest BCUT2D eigenvalue weighted by atomic mass is 9.75. The van der Waals surface area contributed by atoms with Crippen LogP contribution in [0.2, 0.25) is 0 Å². The van der Waals surface area contributed by atoms with Gasteiger partial charge in [-0.2, -0.15) is 0 Å². The zero-order valence-corrected chi connectivity index (χ0v) is 14.5. The average Bonchev–Trinajstić information content (AvgIpc) is 2.60. The van der Waals surface area contributed by atoms with Gasteiger partial charge in [-0.25, -0.2) is 0 Å². The Labute approximate surface area is 148 Å². The minimum atomic E-state index is -0.235. The van der Waals surface area contributed by atoms with E-state index < -0.39 is 0 Å². The Morgan fingerprint density at radius 1 is 1.20 bits per heavy atom. The zero-order chi connectivity index (χ0) is 17.6. The number of rotatable bonds is 7. The highest BCUT2D eigenvalue weighted by molar-refractivity contribution is 5.94. The van der Waals surface area contributed by atoms with E-state index in [1.54, 1.807) is 12.1 Å². The Bertz CT molecular complexity index is 695. The van der Waals surface area contributed by atoms with Crippen molar-refractivity contribution in [1.82, 2.24) is 5.32 Å². The molecular weight excluding hydrogens is 314 g/mol. The third-order valence-corrected chi connectivity index (χ3v) is 4.74. The van der Waals surface area contributed by atoms with E-state index in [1.165, 1.54) is 5.56 Å². The number of ether oxygens (including phenoxy) is 1. The lowest BCUT2D eigenvalue weighted by Gasteiger charge is -2.38. The smallest absolute Gasteiger partial charge is 0.251 e. The number of benzene rings is 2. The van der Waals surface area contributed by atoms with Gasteiger partial charge in [0, 0.05) is 11.6 Å². The van der Waals surface area contributed by atoms with Gasteiger partial charge in [0.25, 0.3) is 5.91 Å². The molecule has 25 heavy (non-hydrogen) atoms. The van der Waals surface area contributed by atoms with Crippen LogP contribution in [0.25, 0.3) is 0 Å². The third-order valence-electron chi connectivity index (χ3n) is 4.74. The quantitative estimate of drug-likeness (QED) is 0.814. The predicted octanol–water partition coefficient (Wildman–Crippen LogP) is 3.20. The third kappa shape index (κ3) is 4.60. The molecule has 1 aliphatic rings. The molecule has 1 atom stereocenters. The average molecular weight is 339 g/mol. The molecule has 0 unspecified atom stereocenters. The number of hydrogen-bond acceptors (Lipinski definition) is 3. The van der Waals surface area contributed by atoms with Crippen LogP contribution in [0.15, 0.2) is 54.6 Å². The second-order valence-electron chi connectivity index (χ2n) is 6.62. The van der Waals surface area contributed by atoms with E-state index >= 15 is 0 Å². The molecule has 0 saturated heterocycles. The maximum atomic E-state index is 12.7. The number of aliphatic hydroxyl groups excluding tert-OH is 1. The molecule has 0 bridgehead atoms. The van der Waals surface area contributed by atoms with Crippen LogP contribution in [0.5, 0.6) is 5.75 Å². The highest BCUT2D eigenvalue weighted by Crippen LogP contribution is 2.32. The number of carbonyl (C=O) groups excluding carboxylic acids is 1. The van der Waals surface area contributed by atoms with E-state index in [2.05, 4.69) is 17.4 Å². The molecule has 0 spiro atoms. The highest BCUT2D eigenvalue weighted by Gasteiger charge is 2.34. The van der Waals surface area contributed by atoms with Gasteiger partial charge in [0.05, 0.1) is 12.7 Å². The summed E-state index contributed by atoms with van der Waals surface area (Å²) in [6.07, 6.45) is 2.03. The van der Waals surface area contributed by atoms with E-state index in [-0.39, 0.29) is 18.1 Å². The van der Waals surface area contributed by atoms with E-state index in [9.17, 15) is 9.90 Å². The van der Waals surface area contributed by atoms with Crippen molar-refractivity contribution in [1.29, 1.82) is 0 Å². The van der Waals surface area contributed by atoms with Gasteiger partial charge >= 0.3 is 0 Å². The minimum Gasteiger partial charge on any atom is -0.494 e. The first-order valence-electron chi connectivity index (χ1n) is 8.91. The predicted molar refractivity (Wildman–Crippen MR) is 97.7 cm³/mol. The summed E-state index contributed by atoms with van der Waals surface area (Å²) in [4.78, 5) is 12.7. The van der Waals surface area contributed by atoms with Crippen LogP contribution in [-0.4, -0.2) is 29.8 Å². The summed E-state index contributed by atoms with van der Waals surface area (Å²) in [5.74, 6) is 0.923. The summed E-state index contributed by atoms with van der Waals surface area (Å²) < 4.78 is 5.48. The van der Waals surface area contributed by atoms with Crippen molar-refractivity contribution in [3.63, 3.8) is 0 Å². The van der Waals surface area contributed by atoms with Gasteiger partial charge in [-0.3, -0.25) is 4.79 Å². The molecule has 0 aromatic heterocycles. The fourth-order valence-electron chi connectivity index (χ4n) is 3.31. The summed E-state index contributed by atoms with van der Waals surface area (Å²) in [5, 5.41) is 12.8. The van der Waals surface area contributed by atoms with Gasteiger partial charge in [-0.05, 0) is 55.9 Å². The largest absolute Gasteiger partial charge is 0.494 e. The Kier molecular flexibility index (Phi) is 5.71. The molecule has 2 aromatic carbocycles. The Balaban J connectivity index is 1.70. The lowest BCUT2D eigenvalue weighted by Crippen LogP contribution is -2.48. The summed E-state index contributed by atoms with van der Waals surface area (Å²) in [6.45, 7) is 2.49. The van der Waals surface area contributed by atoms with E-state index in [1.807, 2.05) is 37.3 Å². The van der Waals surface area contributed by atoms with Gasteiger partial charge in [0.2, 0.25) is 0 Å². The van der Waals surface area contributed by atoms with Crippen molar-refractivity contribution >= 4 is 5.91 Å². The number of hydrogen-bond donors (Lipinski definition) is 2. The molecule has 0 aliphatic heterocycles. The van der Waals surface area contributed by atoms with Crippen molar-refractivity contribution < 1.29 is 14.6 Å². The first kappa shape index (κ1) is 17.5. The van der Waals surface area contributed by atoms with Crippen LogP contribution in [0.1, 0.15) is 35.7 Å². The molecular formula is C21H25NO3. The summed E-state index contributed by atoms with van der Waals surface area (Å²) in [7, 11) is 0. The van der Waals surface area contributed by atoms with Crippen LogP contribution in [0, 0.1) is 5.92 Å². The monoisotopic (exact) mass is 339 g/mol. The first-order valence-corrected chi connectivity index (χ1v) is 8.91. The van der Waals surface area contributed by atoms with Gasteiger partial charge in [-0.1, -0.05) is 36.4 Å². The van der Waals surface area contributed by atoms with Crippen LogP contribution >= 0.6 is 0 Å². The van der Waals surface area contributed by atoms with E-state index in [0.29, 0.717) is 23.8 Å². The molecule has 1 fully saturated rings. The Hall–Kier alpha value is -2.33. The molecule has 1 amide bonds. The normalized spacial score (nSPS) is 20.4. The van der Waals surface area contributed by atoms with Crippen molar-refractivity contribution in [3.8, 4) is 5.75 Å². The van der Waals surface area contributed by atoms with Crippen molar-refractivity contribution in [2.75, 3.05) is 6.61 Å². The Morgan fingerprint density at radius 3 is 2.64 bits per heavy atom. The van der Waals surface area contributed by atoms with Crippen LogP contribution in [0.4, 0.5) is 0 Å². The SMILES string of the molecule is CCOc1cccc(C(=O)N[C@@H](Cc2ccccc2)C2CC(O)C2)c1. The molecule has 0 heterocycles. The standard InChI is InChI=1S/C21H25NO3/c1-2-25-19-10-6-9-16(14-19)21(24)22-20(17-12-18(23)13-17)11-15-7-4-3-5-8-15/h3-10,14,17-18,20,23H,2,11-13H2,1H3,(H,22,24)/t17?,18?,20-/m0/s1. The molecule has 1 saturated carbocycles. The van der Waals surface area contributed by atoms with Gasteiger partial charge in [0.1, 0.15) is 5.75 Å². The van der Waals surface area contributed by atoms with E-state index in [4.69, 9.17) is 4.74 Å². The number of aliphatic hydroxyl groups is 1. The second-order valence-corrected chi connectivity index (χ2v) is 6.62. The number of amides is 1. The maximum Gasteiger partial charge on any atom is 0.251 e. The van der Waals surface area contributed by atoms with Crippen LogP contribution in [-0.2, 0) is 6.42 Å². The highest BCUT2D eigenvalue weighted by atomic mass is 16.5. The van der Waals surface area contributed by atoms with E-state index in [0.717, 1.165) is 19.3 Å². The maximum absolute atomic E-state index is 12.7. The Morgan fingerprint density at radius 2 is 1.96 bits per heavy atom. The van der Waals surface area contributed by atoms with Crippen molar-refractivity contribution in [3.05, 3.63) is 65.7 Å². The molecule has 0 radical (unpaired) electrons. The lowest BCUT2D eigenvalue weighted by molar-refractivity contribution is 0.0239. The summed E-state index contributed by atoms with van der Waals surface area (Å²) in [6, 6.07) is 17.4. The van der Waals surface area contributed by atoms with Crippen LogP contribution in [0.3, 0.4) is 0 Å². The molecule has 132 valence electrons. The molecule has 2 N–H and O–H groups in total. The van der Waals surface area contributed by atoms with Gasteiger partial charge < -0.3 is 15.2 Å². The molecule has 4 heteroatoms. The van der Waals surface area contributed by atoms with Crippen molar-refractivity contribution in [2.24, 2.45) is 5.92 Å². The molecule has 4 nitrogen and oxygen atoms in total. The second kappa shape index (κ2) is 8.17. The summed E-state index contributed by atoms with van der Waals surface area (Å²) in [5.41, 5.74) is 1.79. The van der Waals surface area contributed by atoms with Crippen molar-refractivity contribution in [2.45, 2.75) is 38.3 Å². The minimum absolute atomic E-state index is 0.0223. The molecule has 3 rings (SSSR count). The number of carbonyl (C=O) groups is 1. The zero-order valence-electron chi connectivity index (χ0n) is 14.5. The fraction of sp³-hybridized carbons (Fsp3) is 0.381. The van der Waals surface area contributed by atoms with Gasteiger partial charge in [-0.15, -0.1) is 0 Å². The van der Waals surface area contributed by atoms with Crippen LogP contribution < -0.4 is 10.1 Å². The van der Waals surface area contributed by atoms with Gasteiger partial charge in [0.15, 0.2) is 0 Å². The first-order chi connectivity index (χ1) is 12.2. The molecule has 2 aromatic rings. The molecule has 1 aliphatic carbocycles. The fourth-order valence-corrected chi connectivity index (χ4v) is 3.31. The summed E-state index contributed by atoms with van der Waals surface area (Å²) >= 11 is 0.